The Labute approximate surface area is 160 Å². The molecule has 2 aromatic rings. The fourth-order valence-electron chi connectivity index (χ4n) is 4.34. The van der Waals surface area contributed by atoms with E-state index in [0.29, 0.717) is 0 Å². The first-order chi connectivity index (χ1) is 13.1. The second kappa shape index (κ2) is 7.55. The van der Waals surface area contributed by atoms with Crippen molar-refractivity contribution in [3.63, 3.8) is 0 Å². The van der Waals surface area contributed by atoms with Gasteiger partial charge in [-0.1, -0.05) is 55.5 Å². The van der Waals surface area contributed by atoms with Crippen molar-refractivity contribution >= 4 is 17.5 Å². The van der Waals surface area contributed by atoms with Crippen molar-refractivity contribution in [1.29, 1.82) is 0 Å². The average molecular weight is 362 g/mol. The number of anilines is 1. The van der Waals surface area contributed by atoms with Gasteiger partial charge < -0.3 is 10.2 Å². The fraction of sp³-hybridized carbons (Fsp3) is 0.391. The van der Waals surface area contributed by atoms with Crippen LogP contribution in [0.15, 0.2) is 54.6 Å². The van der Waals surface area contributed by atoms with Crippen LogP contribution in [-0.2, 0) is 9.59 Å². The van der Waals surface area contributed by atoms with Gasteiger partial charge in [0, 0.05) is 11.7 Å². The topological polar surface area (TPSA) is 49.4 Å². The first-order valence-corrected chi connectivity index (χ1v) is 9.88. The van der Waals surface area contributed by atoms with Crippen molar-refractivity contribution in [1.82, 2.24) is 5.32 Å². The monoisotopic (exact) mass is 362 g/mol. The molecule has 1 saturated carbocycles. The SMILES string of the molecule is CC1CCC(NC(=O)CN2C(=O)C(c3ccccc3)c3ccccc32)CC1. The number of carbonyl (C=O) groups is 2. The molecule has 0 saturated heterocycles. The summed E-state index contributed by atoms with van der Waals surface area (Å²) in [7, 11) is 0. The predicted octanol–water partition coefficient (Wildman–Crippen LogP) is 3.86. The molecule has 4 heteroatoms. The van der Waals surface area contributed by atoms with Gasteiger partial charge in [0.1, 0.15) is 6.54 Å². The lowest BCUT2D eigenvalue weighted by Crippen LogP contribution is -2.44. The van der Waals surface area contributed by atoms with Crippen LogP contribution in [0.3, 0.4) is 0 Å². The number of nitrogens with one attached hydrogen (secondary N) is 1. The standard InChI is InChI=1S/C23H26N2O2/c1-16-11-13-18(14-12-16)24-21(26)15-25-20-10-6-5-9-19(20)22(23(25)27)17-7-3-2-4-8-17/h2-10,16,18,22H,11-15H2,1H3,(H,24,26). The van der Waals surface area contributed by atoms with Crippen LogP contribution in [0.1, 0.15) is 49.7 Å². The van der Waals surface area contributed by atoms with E-state index in [1.807, 2.05) is 54.6 Å². The minimum atomic E-state index is -0.328. The van der Waals surface area contributed by atoms with Gasteiger partial charge in [0.05, 0.1) is 5.92 Å². The van der Waals surface area contributed by atoms with Crippen LogP contribution in [0, 0.1) is 5.92 Å². The van der Waals surface area contributed by atoms with E-state index >= 15 is 0 Å². The van der Waals surface area contributed by atoms with Gasteiger partial charge in [0.2, 0.25) is 11.8 Å². The highest BCUT2D eigenvalue weighted by atomic mass is 16.2. The maximum Gasteiger partial charge on any atom is 0.240 e. The zero-order chi connectivity index (χ0) is 18.8. The first-order valence-electron chi connectivity index (χ1n) is 9.88. The summed E-state index contributed by atoms with van der Waals surface area (Å²) in [6.45, 7) is 2.35. The molecule has 4 rings (SSSR count). The number of rotatable bonds is 4. The highest BCUT2D eigenvalue weighted by molar-refractivity contribution is 6.09. The zero-order valence-electron chi connectivity index (χ0n) is 15.7. The molecule has 2 aliphatic rings. The van der Waals surface area contributed by atoms with E-state index in [2.05, 4.69) is 12.2 Å². The highest BCUT2D eigenvalue weighted by Crippen LogP contribution is 2.40. The van der Waals surface area contributed by atoms with Crippen LogP contribution in [0.5, 0.6) is 0 Å². The quantitative estimate of drug-likeness (QED) is 0.898. The molecule has 1 heterocycles. The van der Waals surface area contributed by atoms with Crippen molar-refractivity contribution in [2.45, 2.75) is 44.6 Å². The zero-order valence-corrected chi connectivity index (χ0v) is 15.7. The lowest BCUT2D eigenvalue weighted by atomic mass is 9.87. The third-order valence-corrected chi connectivity index (χ3v) is 5.87. The number of hydrogen-bond acceptors (Lipinski definition) is 2. The van der Waals surface area contributed by atoms with E-state index in [1.165, 1.54) is 0 Å². The first kappa shape index (κ1) is 17.8. The summed E-state index contributed by atoms with van der Waals surface area (Å²) in [6.07, 6.45) is 4.38. The summed E-state index contributed by atoms with van der Waals surface area (Å²) < 4.78 is 0. The molecule has 1 N–H and O–H groups in total. The highest BCUT2D eigenvalue weighted by Gasteiger charge is 2.38. The van der Waals surface area contributed by atoms with E-state index in [-0.39, 0.29) is 30.3 Å². The number of amides is 2. The molecular weight excluding hydrogens is 336 g/mol. The molecule has 0 radical (unpaired) electrons. The predicted molar refractivity (Wildman–Crippen MR) is 107 cm³/mol. The summed E-state index contributed by atoms with van der Waals surface area (Å²) in [6, 6.07) is 17.9. The molecule has 1 fully saturated rings. The van der Waals surface area contributed by atoms with Crippen LogP contribution in [0.4, 0.5) is 5.69 Å². The van der Waals surface area contributed by atoms with Gasteiger partial charge in [-0.3, -0.25) is 9.59 Å². The Kier molecular flexibility index (Phi) is 4.97. The molecule has 0 aromatic heterocycles. The second-order valence-corrected chi connectivity index (χ2v) is 7.85. The van der Waals surface area contributed by atoms with Crippen LogP contribution in [-0.4, -0.2) is 24.4 Å². The number of benzene rings is 2. The molecule has 140 valence electrons. The number of hydrogen-bond donors (Lipinski definition) is 1. The largest absolute Gasteiger partial charge is 0.352 e. The Balaban J connectivity index is 1.51. The van der Waals surface area contributed by atoms with E-state index in [9.17, 15) is 9.59 Å². The van der Waals surface area contributed by atoms with Crippen molar-refractivity contribution < 1.29 is 9.59 Å². The van der Waals surface area contributed by atoms with Crippen molar-refractivity contribution in [3.8, 4) is 0 Å². The third-order valence-electron chi connectivity index (χ3n) is 5.87. The summed E-state index contributed by atoms with van der Waals surface area (Å²) >= 11 is 0. The number of para-hydroxylation sites is 1. The minimum absolute atomic E-state index is 0.0187. The van der Waals surface area contributed by atoms with Gasteiger partial charge in [0.25, 0.3) is 0 Å². The summed E-state index contributed by atoms with van der Waals surface area (Å²) in [5.41, 5.74) is 2.80. The van der Waals surface area contributed by atoms with Gasteiger partial charge in [0.15, 0.2) is 0 Å². The van der Waals surface area contributed by atoms with Gasteiger partial charge in [-0.2, -0.15) is 0 Å². The van der Waals surface area contributed by atoms with Crippen LogP contribution in [0.25, 0.3) is 0 Å². The molecule has 2 amide bonds. The normalized spacial score (nSPS) is 24.6. The molecule has 2 aromatic carbocycles. The molecule has 1 aliphatic heterocycles. The Morgan fingerprint density at radius 2 is 1.67 bits per heavy atom. The Hall–Kier alpha value is -2.62. The van der Waals surface area contributed by atoms with E-state index in [4.69, 9.17) is 0 Å². The van der Waals surface area contributed by atoms with Crippen LogP contribution >= 0.6 is 0 Å². The Bertz CT molecular complexity index is 825. The molecule has 1 aliphatic carbocycles. The Morgan fingerprint density at radius 3 is 2.41 bits per heavy atom. The molecule has 27 heavy (non-hydrogen) atoms. The number of carbonyl (C=O) groups excluding carboxylic acids is 2. The average Bonchev–Trinajstić information content (AvgIpc) is 2.96. The number of fused-ring (bicyclic) bond motifs is 1. The minimum Gasteiger partial charge on any atom is -0.352 e. The summed E-state index contributed by atoms with van der Waals surface area (Å²) in [5, 5.41) is 3.14. The van der Waals surface area contributed by atoms with Gasteiger partial charge in [-0.15, -0.1) is 0 Å². The lowest BCUT2D eigenvalue weighted by molar-refractivity contribution is -0.124. The molecular formula is C23H26N2O2. The van der Waals surface area contributed by atoms with E-state index < -0.39 is 0 Å². The van der Waals surface area contributed by atoms with Crippen LogP contribution in [0.2, 0.25) is 0 Å². The van der Waals surface area contributed by atoms with Gasteiger partial charge in [-0.25, -0.2) is 0 Å². The Morgan fingerprint density at radius 1 is 1.00 bits per heavy atom. The van der Waals surface area contributed by atoms with E-state index in [1.54, 1.807) is 4.90 Å². The van der Waals surface area contributed by atoms with Crippen LogP contribution < -0.4 is 10.2 Å². The fourth-order valence-corrected chi connectivity index (χ4v) is 4.34. The molecule has 0 bridgehead atoms. The number of nitrogens with zero attached hydrogens (tertiary/aromatic N) is 1. The summed E-state index contributed by atoms with van der Waals surface area (Å²) in [5.74, 6) is 0.337. The van der Waals surface area contributed by atoms with Crippen molar-refractivity contribution in [3.05, 3.63) is 65.7 Å². The second-order valence-electron chi connectivity index (χ2n) is 7.85. The smallest absolute Gasteiger partial charge is 0.240 e. The molecule has 0 spiro atoms. The maximum absolute atomic E-state index is 13.2. The summed E-state index contributed by atoms with van der Waals surface area (Å²) in [4.78, 5) is 27.5. The lowest BCUT2D eigenvalue weighted by Gasteiger charge is -2.27. The van der Waals surface area contributed by atoms with Gasteiger partial charge in [-0.05, 0) is 48.8 Å². The molecule has 1 unspecified atom stereocenters. The molecule has 1 atom stereocenters. The van der Waals surface area contributed by atoms with Crippen molar-refractivity contribution in [2.24, 2.45) is 5.92 Å². The maximum atomic E-state index is 13.2. The van der Waals surface area contributed by atoms with Gasteiger partial charge >= 0.3 is 0 Å². The third kappa shape index (κ3) is 3.61. The molecule has 4 nitrogen and oxygen atoms in total. The van der Waals surface area contributed by atoms with E-state index in [0.717, 1.165) is 48.4 Å². The van der Waals surface area contributed by atoms with Crippen molar-refractivity contribution in [2.75, 3.05) is 11.4 Å².